The molecule has 0 aromatic heterocycles. The molecule has 0 bridgehead atoms. The molecule has 0 spiro atoms. The minimum absolute atomic E-state index is 0.0151. The van der Waals surface area contributed by atoms with Gasteiger partial charge in [0.1, 0.15) is 11.5 Å². The fourth-order valence-corrected chi connectivity index (χ4v) is 1.46. The van der Waals surface area contributed by atoms with Crippen LogP contribution in [0.1, 0.15) is 6.92 Å². The first-order chi connectivity index (χ1) is 9.76. The highest BCUT2D eigenvalue weighted by Crippen LogP contribution is 2.34. The van der Waals surface area contributed by atoms with Crippen LogP contribution >= 0.6 is 34.8 Å². The summed E-state index contributed by atoms with van der Waals surface area (Å²) in [6, 6.07) is 3.54. The molecule has 9 heteroatoms. The Kier molecular flexibility index (Phi) is 6.77. The Morgan fingerprint density at radius 2 is 2.05 bits per heavy atom. The lowest BCUT2D eigenvalue weighted by Gasteiger charge is -2.19. The van der Waals surface area contributed by atoms with Crippen LogP contribution in [0.2, 0.25) is 5.02 Å². The van der Waals surface area contributed by atoms with Gasteiger partial charge in [-0.2, -0.15) is 8.78 Å². The first kappa shape index (κ1) is 18.1. The fourth-order valence-electron chi connectivity index (χ4n) is 1.20. The second-order valence-corrected chi connectivity index (χ2v) is 5.15. The average Bonchev–Trinajstić information content (AvgIpc) is 2.39. The first-order valence-electron chi connectivity index (χ1n) is 5.69. The summed E-state index contributed by atoms with van der Waals surface area (Å²) in [7, 11) is 0. The second kappa shape index (κ2) is 7.87. The van der Waals surface area contributed by atoms with Crippen LogP contribution in [0.4, 0.5) is 8.78 Å². The highest BCUT2D eigenvalue weighted by Gasteiger charge is 2.40. The van der Waals surface area contributed by atoms with E-state index in [1.165, 1.54) is 12.1 Å². The van der Waals surface area contributed by atoms with Crippen LogP contribution in [-0.2, 0) is 9.53 Å². The molecule has 1 rings (SSSR count). The standard InChI is InChI=1S/C12H11Cl3F2O4/c1-2-19-10(18)6-20-9-5-7(3-4-8(9)13)21-12(16,17)11(14)15/h3-5,11H,2,6H2,1H3. The minimum Gasteiger partial charge on any atom is -0.480 e. The quantitative estimate of drug-likeness (QED) is 0.541. The maximum atomic E-state index is 13.2. The summed E-state index contributed by atoms with van der Waals surface area (Å²) in [4.78, 5) is 9.11. The molecule has 0 saturated heterocycles. The van der Waals surface area contributed by atoms with E-state index in [-0.39, 0.29) is 23.1 Å². The molecule has 1 aromatic carbocycles. The predicted octanol–water partition coefficient (Wildman–Crippen LogP) is 4.06. The van der Waals surface area contributed by atoms with E-state index in [9.17, 15) is 13.6 Å². The van der Waals surface area contributed by atoms with Crippen molar-refractivity contribution in [2.24, 2.45) is 0 Å². The van der Waals surface area contributed by atoms with Crippen molar-refractivity contribution in [1.82, 2.24) is 0 Å². The van der Waals surface area contributed by atoms with Gasteiger partial charge in [0.15, 0.2) is 6.61 Å². The third-order valence-corrected chi connectivity index (χ3v) is 2.88. The molecule has 0 fully saturated rings. The largest absolute Gasteiger partial charge is 0.480 e. The molecular formula is C12H11Cl3F2O4. The maximum Gasteiger partial charge on any atom is 0.428 e. The zero-order valence-electron chi connectivity index (χ0n) is 10.7. The number of hydrogen-bond acceptors (Lipinski definition) is 4. The molecule has 0 radical (unpaired) electrons. The van der Waals surface area contributed by atoms with E-state index in [1.807, 2.05) is 0 Å². The molecule has 0 N–H and O–H groups in total. The lowest BCUT2D eigenvalue weighted by atomic mass is 10.3. The van der Waals surface area contributed by atoms with Gasteiger partial charge in [0.2, 0.25) is 4.84 Å². The molecule has 0 aliphatic rings. The van der Waals surface area contributed by atoms with Gasteiger partial charge in [0, 0.05) is 6.07 Å². The van der Waals surface area contributed by atoms with Crippen molar-refractivity contribution < 1.29 is 27.8 Å². The van der Waals surface area contributed by atoms with Crippen molar-refractivity contribution in [3.63, 3.8) is 0 Å². The number of halogens is 5. The van der Waals surface area contributed by atoms with Gasteiger partial charge < -0.3 is 14.2 Å². The number of carbonyl (C=O) groups excluding carboxylic acids is 1. The number of benzene rings is 1. The van der Waals surface area contributed by atoms with Crippen molar-refractivity contribution in [1.29, 1.82) is 0 Å². The predicted molar refractivity (Wildman–Crippen MR) is 74.6 cm³/mol. The Bertz CT molecular complexity index is 497. The number of carbonyl (C=O) groups is 1. The molecule has 0 unspecified atom stereocenters. The number of ether oxygens (including phenoxy) is 3. The van der Waals surface area contributed by atoms with Crippen LogP contribution < -0.4 is 9.47 Å². The summed E-state index contributed by atoms with van der Waals surface area (Å²) in [5, 5.41) is 0.114. The first-order valence-corrected chi connectivity index (χ1v) is 6.94. The van der Waals surface area contributed by atoms with Crippen LogP contribution in [0, 0.1) is 0 Å². The van der Waals surface area contributed by atoms with Gasteiger partial charge in [0.05, 0.1) is 11.6 Å². The van der Waals surface area contributed by atoms with Crippen molar-refractivity contribution in [2.75, 3.05) is 13.2 Å². The van der Waals surface area contributed by atoms with E-state index in [0.717, 1.165) is 6.07 Å². The molecule has 0 aliphatic carbocycles. The number of rotatable bonds is 7. The third-order valence-electron chi connectivity index (χ3n) is 2.06. The van der Waals surface area contributed by atoms with Gasteiger partial charge >= 0.3 is 12.1 Å². The highest BCUT2D eigenvalue weighted by molar-refractivity contribution is 6.44. The molecule has 4 nitrogen and oxygen atoms in total. The SMILES string of the molecule is CCOC(=O)COc1cc(OC(F)(F)C(Cl)Cl)ccc1Cl. The lowest BCUT2D eigenvalue weighted by Crippen LogP contribution is -2.32. The summed E-state index contributed by atoms with van der Waals surface area (Å²) in [6.45, 7) is 1.41. The molecule has 1 aromatic rings. The van der Waals surface area contributed by atoms with E-state index in [4.69, 9.17) is 39.5 Å². The Hall–Kier alpha value is -0.980. The Labute approximate surface area is 134 Å². The van der Waals surface area contributed by atoms with Crippen LogP contribution in [0.3, 0.4) is 0 Å². The minimum atomic E-state index is -3.78. The Balaban J connectivity index is 2.78. The molecule has 21 heavy (non-hydrogen) atoms. The summed E-state index contributed by atoms with van der Waals surface area (Å²) < 4.78 is 40.6. The van der Waals surface area contributed by atoms with Crippen LogP contribution in [-0.4, -0.2) is 30.1 Å². The van der Waals surface area contributed by atoms with E-state index < -0.39 is 23.5 Å². The van der Waals surface area contributed by atoms with E-state index >= 15 is 0 Å². The number of hydrogen-bond donors (Lipinski definition) is 0. The fraction of sp³-hybridized carbons (Fsp3) is 0.417. The molecular weight excluding hydrogens is 352 g/mol. The zero-order valence-corrected chi connectivity index (χ0v) is 13.0. The lowest BCUT2D eigenvalue weighted by molar-refractivity contribution is -0.163. The zero-order chi connectivity index (χ0) is 16.0. The summed E-state index contributed by atoms with van der Waals surface area (Å²) >= 11 is 16.0. The van der Waals surface area contributed by atoms with Gasteiger partial charge in [-0.15, -0.1) is 0 Å². The highest BCUT2D eigenvalue weighted by atomic mass is 35.5. The molecule has 0 saturated carbocycles. The van der Waals surface area contributed by atoms with Gasteiger partial charge in [-0.05, 0) is 19.1 Å². The van der Waals surface area contributed by atoms with Crippen LogP contribution in [0.15, 0.2) is 18.2 Å². The van der Waals surface area contributed by atoms with Crippen LogP contribution in [0.25, 0.3) is 0 Å². The van der Waals surface area contributed by atoms with Crippen molar-refractivity contribution in [3.05, 3.63) is 23.2 Å². The molecule has 118 valence electrons. The van der Waals surface area contributed by atoms with Gasteiger partial charge in [-0.25, -0.2) is 4.79 Å². The third kappa shape index (κ3) is 5.73. The van der Waals surface area contributed by atoms with Crippen molar-refractivity contribution in [3.8, 4) is 11.5 Å². The smallest absolute Gasteiger partial charge is 0.428 e. The average molecular weight is 364 g/mol. The van der Waals surface area contributed by atoms with Crippen molar-refractivity contribution >= 4 is 40.8 Å². The summed E-state index contributed by atoms with van der Waals surface area (Å²) in [5.41, 5.74) is 0. The topological polar surface area (TPSA) is 44.8 Å². The Morgan fingerprint density at radius 1 is 1.38 bits per heavy atom. The molecule has 0 aliphatic heterocycles. The monoisotopic (exact) mass is 362 g/mol. The Morgan fingerprint density at radius 3 is 2.62 bits per heavy atom. The number of alkyl halides is 4. The van der Waals surface area contributed by atoms with E-state index in [2.05, 4.69) is 9.47 Å². The molecule has 0 heterocycles. The number of esters is 1. The summed E-state index contributed by atoms with van der Waals surface area (Å²) in [5.74, 6) is -0.903. The van der Waals surface area contributed by atoms with Gasteiger partial charge in [-0.1, -0.05) is 34.8 Å². The van der Waals surface area contributed by atoms with E-state index in [0.29, 0.717) is 0 Å². The van der Waals surface area contributed by atoms with Gasteiger partial charge in [-0.3, -0.25) is 0 Å². The van der Waals surface area contributed by atoms with Crippen molar-refractivity contribution in [2.45, 2.75) is 17.9 Å². The van der Waals surface area contributed by atoms with Crippen LogP contribution in [0.5, 0.6) is 11.5 Å². The second-order valence-electron chi connectivity index (χ2n) is 3.65. The summed E-state index contributed by atoms with van der Waals surface area (Å²) in [6.07, 6.45) is -3.78. The normalized spacial score (nSPS) is 11.4. The molecule has 0 atom stereocenters. The maximum absolute atomic E-state index is 13.2. The van der Waals surface area contributed by atoms with E-state index in [1.54, 1.807) is 6.92 Å². The van der Waals surface area contributed by atoms with Gasteiger partial charge in [0.25, 0.3) is 0 Å². The molecule has 0 amide bonds.